The molecule has 0 fully saturated rings. The van der Waals surface area contributed by atoms with E-state index >= 15 is 0 Å². The molecular weight excluding hydrogens is 338 g/mol. The van der Waals surface area contributed by atoms with Crippen molar-refractivity contribution >= 4 is 27.5 Å². The minimum Gasteiger partial charge on any atom is -0.367 e. The summed E-state index contributed by atoms with van der Waals surface area (Å²) in [5, 5.41) is 12.8. The molecule has 0 saturated carbocycles. The highest BCUT2D eigenvalue weighted by atomic mass is 16.1. The third-order valence-electron chi connectivity index (χ3n) is 5.20. The van der Waals surface area contributed by atoms with Crippen LogP contribution in [0.15, 0.2) is 47.7 Å². The Balaban J connectivity index is 2.00. The van der Waals surface area contributed by atoms with Gasteiger partial charge in [0.1, 0.15) is 5.82 Å². The monoisotopic (exact) mass is 361 g/mol. The zero-order valence-corrected chi connectivity index (χ0v) is 15.9. The van der Waals surface area contributed by atoms with Crippen molar-refractivity contribution in [1.29, 1.82) is 0 Å². The molecule has 0 spiro atoms. The van der Waals surface area contributed by atoms with Crippen LogP contribution >= 0.6 is 0 Å². The number of aromatic amines is 2. The molecule has 0 amide bonds. The molecule has 3 N–H and O–H groups in total. The molecule has 138 valence electrons. The summed E-state index contributed by atoms with van der Waals surface area (Å²) in [5.74, 6) is 0.796. The summed E-state index contributed by atoms with van der Waals surface area (Å²) in [6.07, 6.45) is 5.26. The number of H-pyrrole nitrogens is 2. The lowest BCUT2D eigenvalue weighted by Crippen LogP contribution is -2.31. The molecule has 1 atom stereocenters. The number of hydrogen-bond donors (Lipinski definition) is 3. The molecule has 6 nitrogen and oxygen atoms in total. The highest BCUT2D eigenvalue weighted by Crippen LogP contribution is 2.33. The van der Waals surface area contributed by atoms with Crippen molar-refractivity contribution < 1.29 is 0 Å². The van der Waals surface area contributed by atoms with Crippen LogP contribution in [0.3, 0.4) is 0 Å². The fourth-order valence-corrected chi connectivity index (χ4v) is 3.08. The molecule has 6 heteroatoms. The lowest BCUT2D eigenvalue weighted by Gasteiger charge is -2.29. The van der Waals surface area contributed by atoms with Gasteiger partial charge in [0.2, 0.25) is 0 Å². The third kappa shape index (κ3) is 3.07. The maximum atomic E-state index is 12.5. The van der Waals surface area contributed by atoms with Crippen molar-refractivity contribution in [2.45, 2.75) is 33.7 Å². The molecule has 0 aliphatic heterocycles. The maximum absolute atomic E-state index is 12.5. The fourth-order valence-electron chi connectivity index (χ4n) is 3.08. The van der Waals surface area contributed by atoms with Gasteiger partial charge in [0.25, 0.3) is 5.56 Å². The lowest BCUT2D eigenvalue weighted by molar-refractivity contribution is 0.359. The molecule has 4 aromatic rings. The van der Waals surface area contributed by atoms with Gasteiger partial charge in [-0.25, -0.2) is 4.98 Å². The Kier molecular flexibility index (Phi) is 3.98. The van der Waals surface area contributed by atoms with Gasteiger partial charge in [-0.3, -0.25) is 9.89 Å². The van der Waals surface area contributed by atoms with Crippen molar-refractivity contribution in [3.8, 4) is 11.1 Å². The van der Waals surface area contributed by atoms with Crippen LogP contribution in [0.25, 0.3) is 32.8 Å². The van der Waals surface area contributed by atoms with Crippen LogP contribution in [0.5, 0.6) is 0 Å². The predicted molar refractivity (Wildman–Crippen MR) is 110 cm³/mol. The summed E-state index contributed by atoms with van der Waals surface area (Å²) >= 11 is 0. The second-order valence-corrected chi connectivity index (χ2v) is 8.01. The standard InChI is InChI=1S/C21H23N5O/c1-12(21(2,3)4)25-19-15-6-5-13(14-10-23-24-11-14)9-16(15)18-17(26-19)7-8-22-20(18)27/h5-12H,1-4H3,(H,22,27)(H,23,24)(H,25,26)/t12-/m1/s1. The van der Waals surface area contributed by atoms with E-state index in [2.05, 4.69) is 48.2 Å². The largest absolute Gasteiger partial charge is 0.367 e. The maximum Gasteiger partial charge on any atom is 0.258 e. The van der Waals surface area contributed by atoms with Crippen LogP contribution in [0, 0.1) is 5.41 Å². The van der Waals surface area contributed by atoms with E-state index in [1.807, 2.05) is 30.5 Å². The van der Waals surface area contributed by atoms with Gasteiger partial charge in [-0.2, -0.15) is 5.10 Å². The van der Waals surface area contributed by atoms with Crippen LogP contribution in [0.1, 0.15) is 27.7 Å². The van der Waals surface area contributed by atoms with Crippen LogP contribution in [-0.2, 0) is 0 Å². The van der Waals surface area contributed by atoms with Crippen molar-refractivity contribution in [3.05, 3.63) is 53.2 Å². The molecule has 1 aromatic carbocycles. The number of pyridine rings is 2. The minimum absolute atomic E-state index is 0.0772. The first-order chi connectivity index (χ1) is 12.8. The van der Waals surface area contributed by atoms with Gasteiger partial charge < -0.3 is 10.3 Å². The number of aromatic nitrogens is 4. The molecule has 0 aliphatic rings. The summed E-state index contributed by atoms with van der Waals surface area (Å²) in [5.41, 5.74) is 2.60. The van der Waals surface area contributed by atoms with E-state index in [0.29, 0.717) is 10.9 Å². The number of nitrogens with one attached hydrogen (secondary N) is 3. The molecule has 3 heterocycles. The SMILES string of the molecule is C[C@@H](Nc1nc2cc[nH]c(=O)c2c2cc(-c3cn[nH]c3)ccc12)C(C)(C)C. The molecule has 0 unspecified atom stereocenters. The summed E-state index contributed by atoms with van der Waals surface area (Å²) in [4.78, 5) is 20.1. The summed E-state index contributed by atoms with van der Waals surface area (Å²) < 4.78 is 0. The summed E-state index contributed by atoms with van der Waals surface area (Å²) in [7, 11) is 0. The Morgan fingerprint density at radius 1 is 1.11 bits per heavy atom. The van der Waals surface area contributed by atoms with Crippen LogP contribution in [0.2, 0.25) is 0 Å². The van der Waals surface area contributed by atoms with Gasteiger partial charge in [0.15, 0.2) is 0 Å². The van der Waals surface area contributed by atoms with E-state index < -0.39 is 0 Å². The number of fused-ring (bicyclic) bond motifs is 3. The topological polar surface area (TPSA) is 86.5 Å². The number of anilines is 1. The lowest BCUT2D eigenvalue weighted by atomic mass is 9.88. The van der Waals surface area contributed by atoms with Crippen LogP contribution in [-0.4, -0.2) is 26.2 Å². The van der Waals surface area contributed by atoms with E-state index in [0.717, 1.165) is 27.7 Å². The second-order valence-electron chi connectivity index (χ2n) is 8.01. The van der Waals surface area contributed by atoms with Crippen LogP contribution in [0.4, 0.5) is 5.82 Å². The molecular formula is C21H23N5O. The second kappa shape index (κ2) is 6.23. The quantitative estimate of drug-likeness (QED) is 0.475. The van der Waals surface area contributed by atoms with Crippen molar-refractivity contribution in [3.63, 3.8) is 0 Å². The molecule has 0 bridgehead atoms. The highest BCUT2D eigenvalue weighted by molar-refractivity contribution is 6.10. The molecule has 0 saturated heterocycles. The third-order valence-corrected chi connectivity index (χ3v) is 5.20. The van der Waals surface area contributed by atoms with E-state index in [1.54, 1.807) is 12.4 Å². The molecule has 0 aliphatic carbocycles. The molecule has 0 radical (unpaired) electrons. The first kappa shape index (κ1) is 17.3. The first-order valence-corrected chi connectivity index (χ1v) is 9.05. The van der Waals surface area contributed by atoms with Gasteiger partial charge in [-0.05, 0) is 30.0 Å². The van der Waals surface area contributed by atoms with E-state index in [1.165, 1.54) is 0 Å². The van der Waals surface area contributed by atoms with E-state index in [-0.39, 0.29) is 17.0 Å². The Hall–Kier alpha value is -3.15. The average molecular weight is 361 g/mol. The van der Waals surface area contributed by atoms with Gasteiger partial charge in [-0.1, -0.05) is 32.9 Å². The molecule has 27 heavy (non-hydrogen) atoms. The summed E-state index contributed by atoms with van der Waals surface area (Å²) in [6, 6.07) is 8.14. The Morgan fingerprint density at radius 3 is 2.63 bits per heavy atom. The van der Waals surface area contributed by atoms with Crippen molar-refractivity contribution in [2.75, 3.05) is 5.32 Å². The minimum atomic E-state index is -0.134. The smallest absolute Gasteiger partial charge is 0.258 e. The number of nitrogens with zero attached hydrogens (tertiary/aromatic N) is 2. The normalized spacial score (nSPS) is 13.2. The molecule has 3 aromatic heterocycles. The zero-order valence-electron chi connectivity index (χ0n) is 15.9. The zero-order chi connectivity index (χ0) is 19.2. The Bertz CT molecular complexity index is 1170. The van der Waals surface area contributed by atoms with Gasteiger partial charge >= 0.3 is 0 Å². The Morgan fingerprint density at radius 2 is 1.93 bits per heavy atom. The Labute approximate surface area is 157 Å². The van der Waals surface area contributed by atoms with Gasteiger partial charge in [0.05, 0.1) is 17.1 Å². The van der Waals surface area contributed by atoms with Gasteiger partial charge in [0, 0.05) is 34.8 Å². The summed E-state index contributed by atoms with van der Waals surface area (Å²) in [6.45, 7) is 8.72. The average Bonchev–Trinajstić information content (AvgIpc) is 3.15. The van der Waals surface area contributed by atoms with Crippen molar-refractivity contribution in [1.82, 2.24) is 20.2 Å². The van der Waals surface area contributed by atoms with Gasteiger partial charge in [-0.15, -0.1) is 0 Å². The highest BCUT2D eigenvalue weighted by Gasteiger charge is 2.22. The van der Waals surface area contributed by atoms with Crippen LogP contribution < -0.4 is 10.9 Å². The molecule has 4 rings (SSSR count). The predicted octanol–water partition coefficient (Wildman–Crippen LogP) is 4.31. The number of benzene rings is 1. The van der Waals surface area contributed by atoms with E-state index in [4.69, 9.17) is 4.98 Å². The number of hydrogen-bond acceptors (Lipinski definition) is 4. The first-order valence-electron chi connectivity index (χ1n) is 9.05. The van der Waals surface area contributed by atoms with Crippen molar-refractivity contribution in [2.24, 2.45) is 5.41 Å². The van der Waals surface area contributed by atoms with E-state index in [9.17, 15) is 4.79 Å². The fraction of sp³-hybridized carbons (Fsp3) is 0.286. The number of rotatable bonds is 3.